The summed E-state index contributed by atoms with van der Waals surface area (Å²) < 4.78 is 11.9. The van der Waals surface area contributed by atoms with Crippen molar-refractivity contribution in [2.45, 2.75) is 26.7 Å². The first kappa shape index (κ1) is 11.9. The highest BCUT2D eigenvalue weighted by atomic mass is 35.5. The molecule has 0 amide bonds. The molecule has 0 aliphatic heterocycles. The highest BCUT2D eigenvalue weighted by molar-refractivity contribution is 6.65. The minimum absolute atomic E-state index is 0.0368. The summed E-state index contributed by atoms with van der Waals surface area (Å²) in [6, 6.07) is 0. The molecule has 0 saturated heterocycles. The van der Waals surface area contributed by atoms with Gasteiger partial charge in [-0.25, -0.2) is 4.39 Å². The Morgan fingerprint density at radius 2 is 1.57 bits per heavy atom. The number of hydrogen-bond acceptors (Lipinski definition) is 0. The van der Waals surface area contributed by atoms with Crippen LogP contribution in [0.15, 0.2) is 10.1 Å². The van der Waals surface area contributed by atoms with Crippen LogP contribution in [-0.4, -0.2) is 20.3 Å². The summed E-state index contributed by atoms with van der Waals surface area (Å²) in [4.78, 5) is -3.15. The molecular weight excluding hydrogens is 316 g/mol. The zero-order valence-corrected chi connectivity index (χ0v) is 11.0. The molecule has 0 aromatic rings. The van der Waals surface area contributed by atoms with Crippen molar-refractivity contribution in [3.8, 4) is 0 Å². The van der Waals surface area contributed by atoms with Crippen molar-refractivity contribution in [1.29, 1.82) is 0 Å². The summed E-state index contributed by atoms with van der Waals surface area (Å²) >= 11 is 35.6. The van der Waals surface area contributed by atoms with Gasteiger partial charge in [0.05, 0.1) is 10.1 Å². The summed E-state index contributed by atoms with van der Waals surface area (Å²) in [5, 5.41) is -0.0608. The van der Waals surface area contributed by atoms with E-state index < -0.39 is 20.3 Å². The van der Waals surface area contributed by atoms with Crippen molar-refractivity contribution in [3.05, 3.63) is 10.1 Å². The maximum Gasteiger partial charge on any atom is 0.169 e. The second-order valence-electron chi connectivity index (χ2n) is 3.39. The molecule has 7 heteroatoms. The third-order valence-corrected chi connectivity index (χ3v) is 6.96. The fraction of sp³-hybridized carbons (Fsp3) is 0.714. The van der Waals surface area contributed by atoms with Crippen LogP contribution in [0.2, 0.25) is 0 Å². The van der Waals surface area contributed by atoms with E-state index in [0.717, 1.165) is 0 Å². The van der Waals surface area contributed by atoms with Gasteiger partial charge in [-0.2, -0.15) is 0 Å². The van der Waals surface area contributed by atoms with Crippen LogP contribution in [0.5, 0.6) is 0 Å². The molecular formula is C7H3Cl6F. The maximum atomic E-state index is 13.6. The van der Waals surface area contributed by atoms with Crippen LogP contribution in [0.25, 0.3) is 0 Å². The standard InChI is InChI=1S/C7H3Cl6F/c8-3-4(9)6(11)2(14)1-5(3,10)7(6,12)13/h2H,1H2/t2-,5+,6-/m0/s1. The van der Waals surface area contributed by atoms with Crippen molar-refractivity contribution in [2.24, 2.45) is 0 Å². The fourth-order valence-corrected chi connectivity index (χ4v) is 4.45. The van der Waals surface area contributed by atoms with Crippen LogP contribution in [0.4, 0.5) is 4.39 Å². The van der Waals surface area contributed by atoms with E-state index in [2.05, 4.69) is 0 Å². The van der Waals surface area contributed by atoms with Gasteiger partial charge in [-0.15, -0.1) is 23.2 Å². The Balaban J connectivity index is 2.70. The molecule has 2 aliphatic carbocycles. The Morgan fingerprint density at radius 1 is 1.07 bits per heavy atom. The number of fused-ring (bicyclic) bond motifs is 2. The number of alkyl halides is 5. The number of halogens is 7. The molecule has 80 valence electrons. The fourth-order valence-electron chi connectivity index (χ4n) is 1.84. The van der Waals surface area contributed by atoms with Gasteiger partial charge in [0.15, 0.2) is 4.33 Å². The van der Waals surface area contributed by atoms with E-state index >= 15 is 0 Å². The minimum atomic E-state index is -1.73. The SMILES string of the molecule is F[C@H]1C[C@@]2(Cl)C(Cl)=C(Cl)[C@]1(Cl)C2(Cl)Cl. The van der Waals surface area contributed by atoms with Gasteiger partial charge in [-0.3, -0.25) is 0 Å². The highest BCUT2D eigenvalue weighted by Crippen LogP contribution is 2.72. The molecule has 2 rings (SSSR count). The van der Waals surface area contributed by atoms with Crippen LogP contribution in [0, 0.1) is 0 Å². The lowest BCUT2D eigenvalue weighted by Gasteiger charge is -2.30. The summed E-state index contributed by atoms with van der Waals surface area (Å²) in [5.41, 5.74) is 0. The second-order valence-corrected chi connectivity index (χ2v) is 6.71. The molecule has 1 fully saturated rings. The van der Waals surface area contributed by atoms with E-state index in [4.69, 9.17) is 69.6 Å². The lowest BCUT2D eigenvalue weighted by molar-refractivity contribution is 0.301. The summed E-state index contributed by atoms with van der Waals surface area (Å²) in [5.74, 6) is 0. The van der Waals surface area contributed by atoms with Gasteiger partial charge >= 0.3 is 0 Å². The normalized spacial score (nSPS) is 50.4. The van der Waals surface area contributed by atoms with Crippen molar-refractivity contribution >= 4 is 69.6 Å². The second kappa shape index (κ2) is 3.00. The van der Waals surface area contributed by atoms with Gasteiger partial charge in [0.1, 0.15) is 15.9 Å². The largest absolute Gasteiger partial charge is 0.245 e. The summed E-state index contributed by atoms with van der Waals surface area (Å²) in [6.07, 6.45) is -1.65. The van der Waals surface area contributed by atoms with E-state index in [0.29, 0.717) is 0 Å². The molecule has 0 N–H and O–H groups in total. The number of rotatable bonds is 0. The van der Waals surface area contributed by atoms with Crippen LogP contribution in [0.3, 0.4) is 0 Å². The molecule has 0 spiro atoms. The quantitative estimate of drug-likeness (QED) is 0.574. The molecule has 0 heterocycles. The Labute approximate surface area is 110 Å². The predicted octanol–water partition coefficient (Wildman–Crippen LogP) is 4.56. The van der Waals surface area contributed by atoms with E-state index in [1.165, 1.54) is 0 Å². The van der Waals surface area contributed by atoms with Crippen LogP contribution in [0.1, 0.15) is 6.42 Å². The third kappa shape index (κ3) is 0.959. The Hall–Kier alpha value is 1.41. The lowest BCUT2D eigenvalue weighted by atomic mass is 10.0. The maximum absolute atomic E-state index is 13.6. The smallest absolute Gasteiger partial charge is 0.169 e. The third-order valence-electron chi connectivity index (χ3n) is 2.71. The van der Waals surface area contributed by atoms with Crippen LogP contribution in [-0.2, 0) is 0 Å². The molecule has 0 radical (unpaired) electrons. The highest BCUT2D eigenvalue weighted by Gasteiger charge is 2.79. The van der Waals surface area contributed by atoms with E-state index in [9.17, 15) is 4.39 Å². The summed E-state index contributed by atoms with van der Waals surface area (Å²) in [7, 11) is 0. The van der Waals surface area contributed by atoms with Crippen molar-refractivity contribution in [1.82, 2.24) is 0 Å². The average molecular weight is 319 g/mol. The number of allylic oxidation sites excluding steroid dienone is 2. The molecule has 2 aliphatic rings. The molecule has 0 unspecified atom stereocenters. The molecule has 3 atom stereocenters. The first-order valence-electron chi connectivity index (χ1n) is 3.65. The molecule has 0 aromatic carbocycles. The monoisotopic (exact) mass is 316 g/mol. The molecule has 2 bridgehead atoms. The Kier molecular flexibility index (Phi) is 2.54. The van der Waals surface area contributed by atoms with E-state index in [-0.39, 0.29) is 16.5 Å². The molecule has 1 saturated carbocycles. The van der Waals surface area contributed by atoms with Gasteiger partial charge < -0.3 is 0 Å². The molecule has 14 heavy (non-hydrogen) atoms. The average Bonchev–Trinajstić information content (AvgIpc) is 2.27. The topological polar surface area (TPSA) is 0 Å². The van der Waals surface area contributed by atoms with Gasteiger partial charge in [0.2, 0.25) is 0 Å². The first-order chi connectivity index (χ1) is 6.19. The van der Waals surface area contributed by atoms with Gasteiger partial charge in [0.25, 0.3) is 0 Å². The van der Waals surface area contributed by atoms with Gasteiger partial charge in [-0.1, -0.05) is 46.4 Å². The number of hydrogen-bond donors (Lipinski definition) is 0. The van der Waals surface area contributed by atoms with E-state index in [1.807, 2.05) is 0 Å². The van der Waals surface area contributed by atoms with Gasteiger partial charge in [-0.05, 0) is 0 Å². The van der Waals surface area contributed by atoms with Crippen molar-refractivity contribution in [2.75, 3.05) is 0 Å². The van der Waals surface area contributed by atoms with Crippen LogP contribution >= 0.6 is 69.6 Å². The van der Waals surface area contributed by atoms with Crippen LogP contribution < -0.4 is 0 Å². The predicted molar refractivity (Wildman–Crippen MR) is 59.9 cm³/mol. The zero-order chi connectivity index (χ0) is 10.9. The van der Waals surface area contributed by atoms with Crippen molar-refractivity contribution in [3.63, 3.8) is 0 Å². The van der Waals surface area contributed by atoms with Crippen molar-refractivity contribution < 1.29 is 4.39 Å². The first-order valence-corrected chi connectivity index (χ1v) is 5.92. The van der Waals surface area contributed by atoms with E-state index in [1.54, 1.807) is 0 Å². The van der Waals surface area contributed by atoms with Gasteiger partial charge in [0, 0.05) is 6.42 Å². The minimum Gasteiger partial charge on any atom is -0.245 e. The molecule has 0 aromatic heterocycles. The Morgan fingerprint density at radius 3 is 1.86 bits per heavy atom. The lowest BCUT2D eigenvalue weighted by Crippen LogP contribution is -2.44. The Bertz CT molecular complexity index is 339. The zero-order valence-electron chi connectivity index (χ0n) is 6.43. The molecule has 0 nitrogen and oxygen atoms in total. The summed E-state index contributed by atoms with van der Waals surface area (Å²) in [6.45, 7) is 0.